The van der Waals surface area contributed by atoms with Crippen LogP contribution in [0.25, 0.3) is 0 Å². The Labute approximate surface area is 168 Å². The maximum atomic E-state index is 12.3. The van der Waals surface area contributed by atoms with E-state index in [1.54, 1.807) is 24.3 Å². The highest BCUT2D eigenvalue weighted by molar-refractivity contribution is 6.21. The summed E-state index contributed by atoms with van der Waals surface area (Å²) in [4.78, 5) is 49.1. The van der Waals surface area contributed by atoms with Crippen molar-refractivity contribution in [1.29, 1.82) is 0 Å². The Hall–Kier alpha value is -3.48. The highest BCUT2D eigenvalue weighted by atomic mass is 16.5. The first-order chi connectivity index (χ1) is 14.0. The van der Waals surface area contributed by atoms with Gasteiger partial charge in [-0.3, -0.25) is 19.3 Å². The van der Waals surface area contributed by atoms with Gasteiger partial charge in [0.05, 0.1) is 23.8 Å². The Morgan fingerprint density at radius 3 is 2.07 bits per heavy atom. The summed E-state index contributed by atoms with van der Waals surface area (Å²) in [6, 6.07) is 12.9. The van der Waals surface area contributed by atoms with Crippen LogP contribution in [0.2, 0.25) is 0 Å². The number of ether oxygens (including phenoxy) is 2. The van der Waals surface area contributed by atoms with Gasteiger partial charge in [0, 0.05) is 13.0 Å². The van der Waals surface area contributed by atoms with Gasteiger partial charge in [-0.1, -0.05) is 18.6 Å². The van der Waals surface area contributed by atoms with Crippen molar-refractivity contribution in [3.63, 3.8) is 0 Å². The summed E-state index contributed by atoms with van der Waals surface area (Å²) in [6.45, 7) is 0.330. The Morgan fingerprint density at radius 2 is 1.48 bits per heavy atom. The molecule has 0 spiro atoms. The molecule has 0 saturated heterocycles. The van der Waals surface area contributed by atoms with Gasteiger partial charge in [-0.2, -0.15) is 0 Å². The van der Waals surface area contributed by atoms with Crippen molar-refractivity contribution >= 4 is 23.8 Å². The Morgan fingerprint density at radius 1 is 0.862 bits per heavy atom. The molecule has 0 radical (unpaired) electrons. The van der Waals surface area contributed by atoms with Crippen molar-refractivity contribution in [2.45, 2.75) is 25.7 Å². The van der Waals surface area contributed by atoms with E-state index >= 15 is 0 Å². The number of benzene rings is 2. The molecule has 0 N–H and O–H groups in total. The largest absolute Gasteiger partial charge is 0.465 e. The smallest absolute Gasteiger partial charge is 0.337 e. The fourth-order valence-corrected chi connectivity index (χ4v) is 3.12. The first-order valence-corrected chi connectivity index (χ1v) is 9.35. The first-order valence-electron chi connectivity index (χ1n) is 9.35. The molecule has 29 heavy (non-hydrogen) atoms. The van der Waals surface area contributed by atoms with Crippen molar-refractivity contribution < 1.29 is 28.7 Å². The summed E-state index contributed by atoms with van der Waals surface area (Å²) in [7, 11) is 1.30. The molecule has 0 aliphatic carbocycles. The molecule has 2 aromatic carbocycles. The predicted octanol–water partition coefficient (Wildman–Crippen LogP) is 3.24. The Balaban J connectivity index is 1.38. The van der Waals surface area contributed by atoms with Gasteiger partial charge in [-0.05, 0) is 49.2 Å². The molecule has 0 aromatic heterocycles. The van der Waals surface area contributed by atoms with Crippen LogP contribution in [0.5, 0.6) is 5.75 Å². The zero-order valence-electron chi connectivity index (χ0n) is 16.1. The fourth-order valence-electron chi connectivity index (χ4n) is 3.12. The van der Waals surface area contributed by atoms with Crippen LogP contribution in [0.15, 0.2) is 48.5 Å². The summed E-state index contributed by atoms with van der Waals surface area (Å²) < 4.78 is 9.84. The lowest BCUT2D eigenvalue weighted by Crippen LogP contribution is -2.30. The van der Waals surface area contributed by atoms with Gasteiger partial charge in [-0.25, -0.2) is 4.79 Å². The molecule has 7 heteroatoms. The monoisotopic (exact) mass is 395 g/mol. The van der Waals surface area contributed by atoms with Crippen molar-refractivity contribution in [2.75, 3.05) is 13.7 Å². The molecule has 0 bridgehead atoms. The molecule has 1 heterocycles. The molecule has 1 aliphatic heterocycles. The number of nitrogens with zero attached hydrogens (tertiary/aromatic N) is 1. The molecule has 0 fully saturated rings. The highest BCUT2D eigenvalue weighted by Gasteiger charge is 2.34. The van der Waals surface area contributed by atoms with E-state index in [1.165, 1.54) is 36.3 Å². The van der Waals surface area contributed by atoms with E-state index in [9.17, 15) is 19.2 Å². The van der Waals surface area contributed by atoms with Crippen LogP contribution in [0.1, 0.15) is 56.8 Å². The fraction of sp³-hybridized carbons (Fsp3) is 0.273. The lowest BCUT2D eigenvalue weighted by atomic mass is 10.1. The maximum Gasteiger partial charge on any atom is 0.337 e. The summed E-state index contributed by atoms with van der Waals surface area (Å²) in [6.07, 6.45) is 2.11. The van der Waals surface area contributed by atoms with Crippen LogP contribution in [-0.4, -0.2) is 42.3 Å². The highest BCUT2D eigenvalue weighted by Crippen LogP contribution is 2.23. The number of rotatable bonds is 8. The van der Waals surface area contributed by atoms with Gasteiger partial charge in [0.1, 0.15) is 5.75 Å². The summed E-state index contributed by atoms with van der Waals surface area (Å²) >= 11 is 0. The normalized spacial score (nSPS) is 12.7. The maximum absolute atomic E-state index is 12.3. The molecule has 7 nitrogen and oxygen atoms in total. The van der Waals surface area contributed by atoms with Gasteiger partial charge >= 0.3 is 11.9 Å². The zero-order chi connectivity index (χ0) is 20.8. The third-order valence-corrected chi connectivity index (χ3v) is 4.65. The van der Waals surface area contributed by atoms with E-state index < -0.39 is 5.97 Å². The number of imide groups is 1. The van der Waals surface area contributed by atoms with Crippen LogP contribution in [-0.2, 0) is 9.53 Å². The minimum Gasteiger partial charge on any atom is -0.465 e. The van der Waals surface area contributed by atoms with Crippen molar-refractivity contribution in [3.8, 4) is 5.75 Å². The molecule has 2 amide bonds. The molecular formula is C22H21NO6. The summed E-state index contributed by atoms with van der Waals surface area (Å²) in [5, 5.41) is 0. The topological polar surface area (TPSA) is 90.0 Å². The minimum atomic E-state index is -0.457. The molecule has 150 valence electrons. The standard InChI is InChI=1S/C22H21NO6/c1-28-22(27)15-10-12-16(13-11-15)29-19(24)9-3-2-6-14-23-20(25)17-7-4-5-8-18(17)21(23)26/h4-5,7-8,10-13H,2-3,6,9,14H2,1H3. The van der Waals surface area contributed by atoms with E-state index in [0.717, 1.165) is 0 Å². The SMILES string of the molecule is COC(=O)c1ccc(OC(=O)CCCCCN2C(=O)c3ccccc3C2=O)cc1. The minimum absolute atomic E-state index is 0.223. The van der Waals surface area contributed by atoms with Crippen molar-refractivity contribution in [2.24, 2.45) is 0 Å². The number of esters is 2. The Bertz CT molecular complexity index is 900. The summed E-state index contributed by atoms with van der Waals surface area (Å²) in [5.74, 6) is -1.01. The number of carbonyl (C=O) groups excluding carboxylic acids is 4. The average molecular weight is 395 g/mol. The molecule has 2 aromatic rings. The number of amides is 2. The second kappa shape index (κ2) is 9.14. The lowest BCUT2D eigenvalue weighted by molar-refractivity contribution is -0.134. The van der Waals surface area contributed by atoms with Crippen molar-refractivity contribution in [3.05, 3.63) is 65.2 Å². The van der Waals surface area contributed by atoms with Crippen LogP contribution in [0.4, 0.5) is 0 Å². The second-order valence-electron chi connectivity index (χ2n) is 6.61. The van der Waals surface area contributed by atoms with Crippen LogP contribution < -0.4 is 4.74 Å². The van der Waals surface area contributed by atoms with Gasteiger partial charge in [0.15, 0.2) is 0 Å². The average Bonchev–Trinajstić information content (AvgIpc) is 2.98. The molecule has 1 aliphatic rings. The molecule has 0 unspecified atom stereocenters. The first kappa shape index (κ1) is 20.3. The predicted molar refractivity (Wildman–Crippen MR) is 104 cm³/mol. The van der Waals surface area contributed by atoms with E-state index in [1.807, 2.05) is 0 Å². The van der Waals surface area contributed by atoms with E-state index in [2.05, 4.69) is 4.74 Å². The van der Waals surface area contributed by atoms with E-state index in [0.29, 0.717) is 48.2 Å². The van der Waals surface area contributed by atoms with Gasteiger partial charge < -0.3 is 9.47 Å². The van der Waals surface area contributed by atoms with Crippen molar-refractivity contribution in [1.82, 2.24) is 4.90 Å². The number of hydrogen-bond donors (Lipinski definition) is 0. The van der Waals surface area contributed by atoms with Gasteiger partial charge in [0.25, 0.3) is 11.8 Å². The molecule has 0 saturated carbocycles. The van der Waals surface area contributed by atoms with Gasteiger partial charge in [-0.15, -0.1) is 0 Å². The third kappa shape index (κ3) is 4.68. The molecular weight excluding hydrogens is 374 g/mol. The number of methoxy groups -OCH3 is 1. The second-order valence-corrected chi connectivity index (χ2v) is 6.61. The summed E-state index contributed by atoms with van der Waals surface area (Å²) in [5.41, 5.74) is 1.26. The van der Waals surface area contributed by atoms with Crippen LogP contribution >= 0.6 is 0 Å². The third-order valence-electron chi connectivity index (χ3n) is 4.65. The quantitative estimate of drug-likeness (QED) is 0.295. The molecule has 3 rings (SSSR count). The van der Waals surface area contributed by atoms with E-state index in [4.69, 9.17) is 4.74 Å². The lowest BCUT2D eigenvalue weighted by Gasteiger charge is -2.13. The Kier molecular flexibility index (Phi) is 6.39. The number of unbranched alkanes of at least 4 members (excludes halogenated alkanes) is 2. The molecule has 0 atom stereocenters. The van der Waals surface area contributed by atoms with Crippen LogP contribution in [0.3, 0.4) is 0 Å². The van der Waals surface area contributed by atoms with Gasteiger partial charge in [0.2, 0.25) is 0 Å². The zero-order valence-corrected chi connectivity index (χ0v) is 16.1. The number of carbonyl (C=O) groups is 4. The number of fused-ring (bicyclic) bond motifs is 1. The van der Waals surface area contributed by atoms with Crippen LogP contribution in [0, 0.1) is 0 Å². The number of hydrogen-bond acceptors (Lipinski definition) is 6. The van der Waals surface area contributed by atoms with E-state index in [-0.39, 0.29) is 24.2 Å².